The number of amides is 1. The van der Waals surface area contributed by atoms with E-state index >= 15 is 0 Å². The number of carbonyl (C=O) groups excluding carboxylic acids is 2. The Kier molecular flexibility index (Phi) is 5.43. The van der Waals surface area contributed by atoms with Crippen molar-refractivity contribution in [3.8, 4) is 0 Å². The molecule has 20 heavy (non-hydrogen) atoms. The van der Waals surface area contributed by atoms with Gasteiger partial charge in [0, 0.05) is 11.1 Å². The van der Waals surface area contributed by atoms with Gasteiger partial charge in [-0.2, -0.15) is 0 Å². The zero-order chi connectivity index (χ0) is 15.3. The fraction of sp³-hybridized carbons (Fsp3) is 0.400. The normalized spacial score (nSPS) is 11.8. The number of Topliss-reactive ketones (excluding diaryl/α,β-unsaturated/α-hetero) is 1. The van der Waals surface area contributed by atoms with Gasteiger partial charge in [-0.25, -0.2) is 4.79 Å². The third-order valence-electron chi connectivity index (χ3n) is 3.06. The second-order valence-corrected chi connectivity index (χ2v) is 4.74. The first kappa shape index (κ1) is 15.9. The number of ketones is 1. The molecule has 0 aliphatic carbocycles. The van der Waals surface area contributed by atoms with Crippen LogP contribution in [0.2, 0.25) is 0 Å². The van der Waals surface area contributed by atoms with E-state index in [0.717, 1.165) is 5.56 Å². The molecule has 0 saturated heterocycles. The molecule has 1 rings (SSSR count). The second-order valence-electron chi connectivity index (χ2n) is 4.74. The number of rotatable bonds is 6. The monoisotopic (exact) mass is 277 g/mol. The zero-order valence-electron chi connectivity index (χ0n) is 11.9. The molecular formula is C15H19NO4. The molecule has 0 spiro atoms. The zero-order valence-corrected chi connectivity index (χ0v) is 11.9. The van der Waals surface area contributed by atoms with Crippen molar-refractivity contribution in [2.45, 2.75) is 39.7 Å². The molecule has 5 heteroatoms. The fourth-order valence-corrected chi connectivity index (χ4v) is 1.93. The van der Waals surface area contributed by atoms with E-state index in [1.807, 2.05) is 6.92 Å². The van der Waals surface area contributed by atoms with Crippen molar-refractivity contribution >= 4 is 17.7 Å². The van der Waals surface area contributed by atoms with Crippen molar-refractivity contribution in [1.82, 2.24) is 5.32 Å². The number of hydrogen-bond donors (Lipinski definition) is 2. The Morgan fingerprint density at radius 3 is 2.45 bits per heavy atom. The summed E-state index contributed by atoms with van der Waals surface area (Å²) in [6, 6.07) is 3.86. The van der Waals surface area contributed by atoms with Gasteiger partial charge in [0.1, 0.15) is 6.04 Å². The van der Waals surface area contributed by atoms with Crippen LogP contribution in [0.25, 0.3) is 0 Å². The van der Waals surface area contributed by atoms with E-state index in [1.54, 1.807) is 19.1 Å². The first-order valence-corrected chi connectivity index (χ1v) is 6.52. The number of carbonyl (C=O) groups is 3. The Balaban J connectivity index is 2.95. The molecule has 0 aliphatic rings. The molecule has 0 aromatic heterocycles. The van der Waals surface area contributed by atoms with Crippen molar-refractivity contribution in [3.05, 3.63) is 34.9 Å². The Labute approximate surface area is 118 Å². The van der Waals surface area contributed by atoms with Crippen LogP contribution in [0, 0.1) is 6.92 Å². The van der Waals surface area contributed by atoms with Gasteiger partial charge in [-0.15, -0.1) is 0 Å². The topological polar surface area (TPSA) is 83.5 Å². The van der Waals surface area contributed by atoms with Crippen LogP contribution in [-0.2, 0) is 4.79 Å². The van der Waals surface area contributed by atoms with Crippen LogP contribution in [0.3, 0.4) is 0 Å². The van der Waals surface area contributed by atoms with E-state index in [1.165, 1.54) is 13.0 Å². The predicted molar refractivity (Wildman–Crippen MR) is 75.0 cm³/mol. The summed E-state index contributed by atoms with van der Waals surface area (Å²) in [4.78, 5) is 34.5. The molecule has 0 saturated carbocycles. The van der Waals surface area contributed by atoms with Crippen LogP contribution in [0.1, 0.15) is 53.0 Å². The first-order valence-electron chi connectivity index (χ1n) is 6.52. The summed E-state index contributed by atoms with van der Waals surface area (Å²) in [6.45, 7) is 5.07. The summed E-state index contributed by atoms with van der Waals surface area (Å²) in [5.74, 6) is -1.66. The smallest absolute Gasteiger partial charge is 0.326 e. The third kappa shape index (κ3) is 3.91. The quantitative estimate of drug-likeness (QED) is 0.781. The van der Waals surface area contributed by atoms with Crippen molar-refractivity contribution in [3.63, 3.8) is 0 Å². The molecule has 1 aromatic carbocycles. The SMILES string of the molecule is CCCC(NC(=O)c1ccc(C)c(C(C)=O)c1)C(=O)O. The number of aliphatic carboxylic acids is 1. The van der Waals surface area contributed by atoms with Gasteiger partial charge in [-0.3, -0.25) is 9.59 Å². The molecule has 0 heterocycles. The third-order valence-corrected chi connectivity index (χ3v) is 3.06. The first-order chi connectivity index (χ1) is 9.36. The highest BCUT2D eigenvalue weighted by Gasteiger charge is 2.20. The van der Waals surface area contributed by atoms with Gasteiger partial charge in [-0.05, 0) is 38.0 Å². The second kappa shape index (κ2) is 6.84. The molecule has 2 N–H and O–H groups in total. The maximum Gasteiger partial charge on any atom is 0.326 e. The van der Waals surface area contributed by atoms with Gasteiger partial charge in [0.15, 0.2) is 5.78 Å². The van der Waals surface area contributed by atoms with Gasteiger partial charge in [0.25, 0.3) is 5.91 Å². The average molecular weight is 277 g/mol. The number of carboxylic acid groups (broad SMARTS) is 1. The highest BCUT2D eigenvalue weighted by molar-refractivity contribution is 6.01. The molecule has 0 bridgehead atoms. The maximum atomic E-state index is 12.0. The molecule has 1 unspecified atom stereocenters. The van der Waals surface area contributed by atoms with Crippen molar-refractivity contribution in [2.24, 2.45) is 0 Å². The van der Waals surface area contributed by atoms with E-state index < -0.39 is 17.9 Å². The summed E-state index contributed by atoms with van der Waals surface area (Å²) < 4.78 is 0. The number of nitrogens with one attached hydrogen (secondary N) is 1. The lowest BCUT2D eigenvalue weighted by molar-refractivity contribution is -0.139. The summed E-state index contributed by atoms with van der Waals surface area (Å²) >= 11 is 0. The lowest BCUT2D eigenvalue weighted by Crippen LogP contribution is -2.40. The lowest BCUT2D eigenvalue weighted by Gasteiger charge is -2.14. The van der Waals surface area contributed by atoms with E-state index in [4.69, 9.17) is 5.11 Å². The molecule has 5 nitrogen and oxygen atoms in total. The van der Waals surface area contributed by atoms with Crippen LogP contribution >= 0.6 is 0 Å². The highest BCUT2D eigenvalue weighted by Crippen LogP contribution is 2.12. The van der Waals surface area contributed by atoms with E-state index in [9.17, 15) is 14.4 Å². The average Bonchev–Trinajstić information content (AvgIpc) is 2.38. The largest absolute Gasteiger partial charge is 0.480 e. The van der Waals surface area contributed by atoms with Crippen LogP contribution < -0.4 is 5.32 Å². The number of hydrogen-bond acceptors (Lipinski definition) is 3. The summed E-state index contributed by atoms with van der Waals surface area (Å²) in [7, 11) is 0. The fourth-order valence-electron chi connectivity index (χ4n) is 1.93. The van der Waals surface area contributed by atoms with Gasteiger partial charge in [0.05, 0.1) is 0 Å². The Bertz CT molecular complexity index is 537. The molecule has 1 atom stereocenters. The molecule has 1 amide bonds. The summed E-state index contributed by atoms with van der Waals surface area (Å²) in [5, 5.41) is 11.5. The van der Waals surface area contributed by atoms with Gasteiger partial charge >= 0.3 is 5.97 Å². The Morgan fingerprint density at radius 1 is 1.30 bits per heavy atom. The van der Waals surface area contributed by atoms with E-state index in [2.05, 4.69) is 5.32 Å². The maximum absolute atomic E-state index is 12.0. The van der Waals surface area contributed by atoms with E-state index in [0.29, 0.717) is 24.0 Å². The minimum absolute atomic E-state index is 0.125. The molecule has 0 fully saturated rings. The molecule has 1 aromatic rings. The summed E-state index contributed by atoms with van der Waals surface area (Å²) in [6.07, 6.45) is 1.02. The van der Waals surface area contributed by atoms with Crippen LogP contribution in [0.4, 0.5) is 0 Å². The standard InChI is InChI=1S/C15H19NO4/c1-4-5-13(15(19)20)16-14(18)11-7-6-9(2)12(8-11)10(3)17/h6-8,13H,4-5H2,1-3H3,(H,16,18)(H,19,20). The van der Waals surface area contributed by atoms with Crippen LogP contribution in [-0.4, -0.2) is 28.8 Å². The van der Waals surface area contributed by atoms with Crippen LogP contribution in [0.5, 0.6) is 0 Å². The van der Waals surface area contributed by atoms with Crippen molar-refractivity contribution in [1.29, 1.82) is 0 Å². The number of carboxylic acids is 1. The number of aryl methyl sites for hydroxylation is 1. The molecule has 0 aliphatic heterocycles. The Morgan fingerprint density at radius 2 is 1.95 bits per heavy atom. The van der Waals surface area contributed by atoms with Crippen molar-refractivity contribution < 1.29 is 19.5 Å². The van der Waals surface area contributed by atoms with Gasteiger partial charge in [0.2, 0.25) is 0 Å². The van der Waals surface area contributed by atoms with Crippen molar-refractivity contribution in [2.75, 3.05) is 0 Å². The van der Waals surface area contributed by atoms with E-state index in [-0.39, 0.29) is 5.78 Å². The van der Waals surface area contributed by atoms with Gasteiger partial charge < -0.3 is 10.4 Å². The molecular weight excluding hydrogens is 258 g/mol. The highest BCUT2D eigenvalue weighted by atomic mass is 16.4. The minimum Gasteiger partial charge on any atom is -0.480 e. The number of benzene rings is 1. The lowest BCUT2D eigenvalue weighted by atomic mass is 10.0. The molecule has 108 valence electrons. The minimum atomic E-state index is -1.06. The predicted octanol–water partition coefficient (Wildman–Crippen LogP) is 2.18. The van der Waals surface area contributed by atoms with Gasteiger partial charge in [-0.1, -0.05) is 19.4 Å². The van der Waals surface area contributed by atoms with Crippen LogP contribution in [0.15, 0.2) is 18.2 Å². The summed E-state index contributed by atoms with van der Waals surface area (Å²) in [5.41, 5.74) is 1.56. The Hall–Kier alpha value is -2.17. The molecule has 0 radical (unpaired) electrons.